The van der Waals surface area contributed by atoms with E-state index in [9.17, 15) is 4.79 Å². The number of aromatic nitrogens is 2. The van der Waals surface area contributed by atoms with E-state index >= 15 is 0 Å². The predicted molar refractivity (Wildman–Crippen MR) is 81.4 cm³/mol. The Balaban J connectivity index is 1.97. The summed E-state index contributed by atoms with van der Waals surface area (Å²) in [5.74, 6) is 0.899. The Morgan fingerprint density at radius 3 is 3.10 bits per heavy atom. The maximum Gasteiger partial charge on any atom is 0.227 e. The highest BCUT2D eigenvalue weighted by molar-refractivity contribution is 7.16. The highest BCUT2D eigenvalue weighted by atomic mass is 35.5. The maximum absolute atomic E-state index is 12.0. The van der Waals surface area contributed by atoms with E-state index < -0.39 is 0 Å². The maximum atomic E-state index is 12.0. The number of carbonyl (C=O) groups is 1. The van der Waals surface area contributed by atoms with Crippen molar-refractivity contribution in [2.24, 2.45) is 5.41 Å². The molecule has 3 rings (SSSR count). The van der Waals surface area contributed by atoms with Crippen LogP contribution in [0.2, 0.25) is 5.28 Å². The van der Waals surface area contributed by atoms with Gasteiger partial charge in [0.1, 0.15) is 10.6 Å². The molecule has 0 aliphatic carbocycles. The SMILES string of the molecule is CNC(=O)C1(C)CCN(c2nc(Cl)nc3sccc23)C1. The van der Waals surface area contributed by atoms with Crippen LogP contribution in [0, 0.1) is 5.41 Å². The van der Waals surface area contributed by atoms with Gasteiger partial charge in [-0.25, -0.2) is 4.98 Å². The molecule has 0 bridgehead atoms. The van der Waals surface area contributed by atoms with Crippen molar-refractivity contribution in [1.29, 1.82) is 0 Å². The molecular weight excluding hydrogens is 296 g/mol. The zero-order valence-electron chi connectivity index (χ0n) is 11.3. The van der Waals surface area contributed by atoms with Gasteiger partial charge in [0.2, 0.25) is 11.2 Å². The van der Waals surface area contributed by atoms with E-state index in [0.29, 0.717) is 6.54 Å². The van der Waals surface area contributed by atoms with Crippen molar-refractivity contribution in [1.82, 2.24) is 15.3 Å². The zero-order valence-corrected chi connectivity index (χ0v) is 12.9. The Morgan fingerprint density at radius 1 is 1.55 bits per heavy atom. The van der Waals surface area contributed by atoms with Crippen molar-refractivity contribution < 1.29 is 4.79 Å². The summed E-state index contributed by atoms with van der Waals surface area (Å²) < 4.78 is 0. The number of thiophene rings is 1. The van der Waals surface area contributed by atoms with Crippen molar-refractivity contribution in [2.45, 2.75) is 13.3 Å². The number of nitrogens with one attached hydrogen (secondary N) is 1. The van der Waals surface area contributed by atoms with Crippen LogP contribution in [0.3, 0.4) is 0 Å². The molecule has 2 aromatic heterocycles. The average molecular weight is 311 g/mol. The molecule has 1 N–H and O–H groups in total. The number of amides is 1. The monoisotopic (exact) mass is 310 g/mol. The molecule has 1 amide bonds. The largest absolute Gasteiger partial charge is 0.359 e. The first-order valence-corrected chi connectivity index (χ1v) is 7.67. The molecule has 2 aromatic rings. The van der Waals surface area contributed by atoms with Gasteiger partial charge in [-0.15, -0.1) is 11.3 Å². The predicted octanol–water partition coefficient (Wildman–Crippen LogP) is 2.31. The van der Waals surface area contributed by atoms with Gasteiger partial charge < -0.3 is 10.2 Å². The molecule has 1 aliphatic heterocycles. The minimum atomic E-state index is -0.380. The van der Waals surface area contributed by atoms with E-state index in [1.54, 1.807) is 18.4 Å². The Kier molecular flexibility index (Phi) is 3.30. The first-order chi connectivity index (χ1) is 9.53. The summed E-state index contributed by atoms with van der Waals surface area (Å²) in [5, 5.41) is 5.97. The molecule has 20 heavy (non-hydrogen) atoms. The van der Waals surface area contributed by atoms with Gasteiger partial charge in [-0.3, -0.25) is 4.79 Å². The van der Waals surface area contributed by atoms with Gasteiger partial charge in [0, 0.05) is 20.1 Å². The quantitative estimate of drug-likeness (QED) is 0.865. The summed E-state index contributed by atoms with van der Waals surface area (Å²) in [6, 6.07) is 2.00. The lowest BCUT2D eigenvalue weighted by molar-refractivity contribution is -0.128. The third-order valence-electron chi connectivity index (χ3n) is 3.83. The summed E-state index contributed by atoms with van der Waals surface area (Å²) in [6.45, 7) is 3.42. The number of rotatable bonds is 2. The normalized spacial score (nSPS) is 22.4. The zero-order chi connectivity index (χ0) is 14.3. The number of halogens is 1. The first kappa shape index (κ1) is 13.6. The first-order valence-electron chi connectivity index (χ1n) is 6.41. The Morgan fingerprint density at radius 2 is 2.35 bits per heavy atom. The Labute approximate surface area is 126 Å². The number of hydrogen-bond acceptors (Lipinski definition) is 5. The van der Waals surface area contributed by atoms with E-state index in [2.05, 4.69) is 20.2 Å². The van der Waals surface area contributed by atoms with Gasteiger partial charge >= 0.3 is 0 Å². The van der Waals surface area contributed by atoms with Gasteiger partial charge in [0.15, 0.2) is 0 Å². The van der Waals surface area contributed by atoms with Crippen LogP contribution in [-0.4, -0.2) is 36.0 Å². The second-order valence-corrected chi connectivity index (χ2v) is 6.50. The lowest BCUT2D eigenvalue weighted by atomic mass is 9.89. The summed E-state index contributed by atoms with van der Waals surface area (Å²) in [7, 11) is 1.68. The van der Waals surface area contributed by atoms with Crippen LogP contribution in [0.1, 0.15) is 13.3 Å². The van der Waals surface area contributed by atoms with Gasteiger partial charge in [-0.05, 0) is 36.4 Å². The molecule has 0 saturated carbocycles. The molecule has 0 aromatic carbocycles. The van der Waals surface area contributed by atoms with Crippen molar-refractivity contribution in [3.8, 4) is 0 Å². The molecule has 1 unspecified atom stereocenters. The lowest BCUT2D eigenvalue weighted by Gasteiger charge is -2.23. The molecule has 1 atom stereocenters. The lowest BCUT2D eigenvalue weighted by Crippen LogP contribution is -2.39. The molecule has 1 fully saturated rings. The van der Waals surface area contributed by atoms with E-state index in [4.69, 9.17) is 11.6 Å². The van der Waals surface area contributed by atoms with Crippen molar-refractivity contribution in [3.05, 3.63) is 16.7 Å². The summed E-state index contributed by atoms with van der Waals surface area (Å²) >= 11 is 7.54. The van der Waals surface area contributed by atoms with Crippen molar-refractivity contribution >= 4 is 44.9 Å². The average Bonchev–Trinajstić information content (AvgIpc) is 3.04. The van der Waals surface area contributed by atoms with Gasteiger partial charge in [0.25, 0.3) is 0 Å². The van der Waals surface area contributed by atoms with Crippen LogP contribution in [0.4, 0.5) is 5.82 Å². The Hall–Kier alpha value is -1.40. The molecule has 3 heterocycles. The summed E-state index contributed by atoms with van der Waals surface area (Å²) in [5.41, 5.74) is -0.380. The molecule has 1 aliphatic rings. The van der Waals surface area contributed by atoms with Crippen LogP contribution < -0.4 is 10.2 Å². The number of nitrogens with zero attached hydrogens (tertiary/aromatic N) is 3. The number of carbonyl (C=O) groups excluding carboxylic acids is 1. The molecule has 0 spiro atoms. The molecule has 106 valence electrons. The van der Waals surface area contributed by atoms with Crippen LogP contribution in [-0.2, 0) is 4.79 Å². The molecule has 0 radical (unpaired) electrons. The van der Waals surface area contributed by atoms with Crippen LogP contribution in [0.5, 0.6) is 0 Å². The van der Waals surface area contributed by atoms with Crippen LogP contribution in [0.15, 0.2) is 11.4 Å². The summed E-state index contributed by atoms with van der Waals surface area (Å²) in [4.78, 5) is 23.6. The van der Waals surface area contributed by atoms with Gasteiger partial charge in [-0.2, -0.15) is 4.98 Å². The molecular formula is C13H15ClN4OS. The molecule has 7 heteroatoms. The summed E-state index contributed by atoms with van der Waals surface area (Å²) in [6.07, 6.45) is 0.805. The minimum absolute atomic E-state index is 0.0710. The highest BCUT2D eigenvalue weighted by Crippen LogP contribution is 2.36. The van der Waals surface area contributed by atoms with Crippen molar-refractivity contribution in [3.63, 3.8) is 0 Å². The van der Waals surface area contributed by atoms with E-state index in [1.165, 1.54) is 0 Å². The second kappa shape index (κ2) is 4.86. The standard InChI is InChI=1S/C13H15ClN4OS/c1-13(11(19)15-2)4-5-18(7-13)9-8-3-6-20-10(8)17-12(14)16-9/h3,6H,4-5,7H2,1-2H3,(H,15,19). The molecule has 1 saturated heterocycles. The highest BCUT2D eigenvalue weighted by Gasteiger charge is 2.40. The van der Waals surface area contributed by atoms with E-state index in [-0.39, 0.29) is 16.6 Å². The smallest absolute Gasteiger partial charge is 0.227 e. The fourth-order valence-electron chi connectivity index (χ4n) is 2.68. The fourth-order valence-corrected chi connectivity index (χ4v) is 3.66. The number of hydrogen-bond donors (Lipinski definition) is 1. The fraction of sp³-hybridized carbons (Fsp3) is 0.462. The van der Waals surface area contributed by atoms with Crippen molar-refractivity contribution in [2.75, 3.05) is 25.0 Å². The Bertz CT molecular complexity index is 673. The van der Waals surface area contributed by atoms with Crippen LogP contribution >= 0.6 is 22.9 Å². The van der Waals surface area contributed by atoms with E-state index in [1.807, 2.05) is 18.4 Å². The van der Waals surface area contributed by atoms with E-state index in [0.717, 1.165) is 29.0 Å². The number of fused-ring (bicyclic) bond motifs is 1. The van der Waals surface area contributed by atoms with Gasteiger partial charge in [0.05, 0.1) is 10.8 Å². The van der Waals surface area contributed by atoms with Crippen LogP contribution in [0.25, 0.3) is 10.2 Å². The third kappa shape index (κ3) is 2.13. The van der Waals surface area contributed by atoms with Gasteiger partial charge in [-0.1, -0.05) is 0 Å². The molecule has 5 nitrogen and oxygen atoms in total. The topological polar surface area (TPSA) is 58.1 Å². The minimum Gasteiger partial charge on any atom is -0.359 e. The third-order valence-corrected chi connectivity index (χ3v) is 4.80. The second-order valence-electron chi connectivity index (χ2n) is 5.27. The number of anilines is 1.